The van der Waals surface area contributed by atoms with Crippen molar-refractivity contribution in [2.24, 2.45) is 5.73 Å². The molecule has 0 amide bonds. The van der Waals surface area contributed by atoms with E-state index in [1.54, 1.807) is 0 Å². The molecular weight excluding hydrogens is 252 g/mol. The van der Waals surface area contributed by atoms with E-state index in [4.69, 9.17) is 10.5 Å². The molecule has 1 aromatic carbocycles. The van der Waals surface area contributed by atoms with Crippen molar-refractivity contribution >= 4 is 0 Å². The summed E-state index contributed by atoms with van der Waals surface area (Å²) < 4.78 is 31.4. The summed E-state index contributed by atoms with van der Waals surface area (Å²) in [6.07, 6.45) is 3.15. The third kappa shape index (κ3) is 3.03. The maximum atomic E-state index is 13.5. The number of aromatic nitrogens is 2. The highest BCUT2D eigenvalue weighted by atomic mass is 19.1. The van der Waals surface area contributed by atoms with Gasteiger partial charge in [-0.25, -0.2) is 13.8 Å². The smallest absolute Gasteiger partial charge is 0.236 e. The fourth-order valence-electron chi connectivity index (χ4n) is 1.77. The summed E-state index contributed by atoms with van der Waals surface area (Å²) in [6.45, 7) is 0. The third-order valence-corrected chi connectivity index (χ3v) is 2.69. The van der Waals surface area contributed by atoms with E-state index >= 15 is 0 Å². The van der Waals surface area contributed by atoms with Gasteiger partial charge in [0.05, 0.1) is 13.2 Å². The number of ether oxygens (including phenoxy) is 1. The summed E-state index contributed by atoms with van der Waals surface area (Å²) in [6, 6.07) is 2.81. The maximum absolute atomic E-state index is 13.5. The normalized spacial score (nSPS) is 12.2. The molecule has 2 aromatic rings. The molecule has 2 N–H and O–H groups in total. The summed E-state index contributed by atoms with van der Waals surface area (Å²) in [5, 5.41) is 0. The molecule has 1 unspecified atom stereocenters. The highest BCUT2D eigenvalue weighted by Gasteiger charge is 2.17. The number of nitrogens with zero attached hydrogens (tertiary/aromatic N) is 2. The minimum absolute atomic E-state index is 0.182. The molecule has 1 heterocycles. The van der Waals surface area contributed by atoms with E-state index in [9.17, 15) is 8.78 Å². The van der Waals surface area contributed by atoms with Gasteiger partial charge in [0, 0.05) is 18.5 Å². The predicted molar refractivity (Wildman–Crippen MR) is 65.6 cm³/mol. The highest BCUT2D eigenvalue weighted by Crippen LogP contribution is 2.22. The van der Waals surface area contributed by atoms with Gasteiger partial charge in [-0.1, -0.05) is 6.07 Å². The summed E-state index contributed by atoms with van der Waals surface area (Å²) in [4.78, 5) is 8.06. The molecule has 4 nitrogen and oxygen atoms in total. The maximum Gasteiger partial charge on any atom is 0.236 e. The first-order valence-corrected chi connectivity index (χ1v) is 5.66. The van der Waals surface area contributed by atoms with Crippen LogP contribution in [0.2, 0.25) is 0 Å². The molecular formula is C13H13F2N3O. The first-order valence-electron chi connectivity index (χ1n) is 5.66. The van der Waals surface area contributed by atoms with E-state index in [1.165, 1.54) is 31.6 Å². The zero-order valence-electron chi connectivity index (χ0n) is 10.3. The van der Waals surface area contributed by atoms with E-state index in [0.717, 1.165) is 6.07 Å². The van der Waals surface area contributed by atoms with Gasteiger partial charge in [0.1, 0.15) is 17.3 Å². The molecule has 0 aliphatic rings. The van der Waals surface area contributed by atoms with Crippen molar-refractivity contribution in [3.63, 3.8) is 0 Å². The molecule has 0 spiro atoms. The molecule has 0 saturated heterocycles. The van der Waals surface area contributed by atoms with Gasteiger partial charge in [-0.2, -0.15) is 0 Å². The average Bonchev–Trinajstić information content (AvgIpc) is 2.41. The highest BCUT2D eigenvalue weighted by molar-refractivity contribution is 5.25. The largest absolute Gasteiger partial charge is 0.480 e. The Morgan fingerprint density at radius 1 is 1.26 bits per heavy atom. The number of benzene rings is 1. The molecule has 0 aliphatic carbocycles. The Morgan fingerprint density at radius 3 is 2.68 bits per heavy atom. The minimum atomic E-state index is -0.627. The molecule has 0 bridgehead atoms. The molecule has 0 saturated carbocycles. The molecule has 100 valence electrons. The first-order chi connectivity index (χ1) is 9.11. The summed E-state index contributed by atoms with van der Waals surface area (Å²) >= 11 is 0. The SMILES string of the molecule is COc1nccnc1C(N)Cc1ccc(F)cc1F. The van der Waals surface area contributed by atoms with Crippen molar-refractivity contribution in [1.29, 1.82) is 0 Å². The van der Waals surface area contributed by atoms with Crippen molar-refractivity contribution in [3.05, 3.63) is 53.5 Å². The molecule has 1 atom stereocenters. The van der Waals surface area contributed by atoms with Crippen molar-refractivity contribution < 1.29 is 13.5 Å². The lowest BCUT2D eigenvalue weighted by Crippen LogP contribution is -2.17. The Kier molecular flexibility index (Phi) is 4.01. The van der Waals surface area contributed by atoms with E-state index in [2.05, 4.69) is 9.97 Å². The molecule has 19 heavy (non-hydrogen) atoms. The Morgan fingerprint density at radius 2 is 2.00 bits per heavy atom. The predicted octanol–water partition coefficient (Wildman–Crippen LogP) is 2.01. The van der Waals surface area contributed by atoms with Crippen LogP contribution in [-0.2, 0) is 6.42 Å². The van der Waals surface area contributed by atoms with Crippen LogP contribution in [0.4, 0.5) is 8.78 Å². The standard InChI is InChI=1S/C13H13F2N3O/c1-19-13-12(17-4-5-18-13)11(16)6-8-2-3-9(14)7-10(8)15/h2-5,7,11H,6,16H2,1H3. The molecule has 0 radical (unpaired) electrons. The van der Waals surface area contributed by atoms with Crippen LogP contribution in [0.15, 0.2) is 30.6 Å². The van der Waals surface area contributed by atoms with E-state index in [-0.39, 0.29) is 6.42 Å². The molecule has 6 heteroatoms. The topological polar surface area (TPSA) is 61.0 Å². The second-order valence-corrected chi connectivity index (χ2v) is 4.00. The van der Waals surface area contributed by atoms with E-state index < -0.39 is 17.7 Å². The van der Waals surface area contributed by atoms with Gasteiger partial charge in [0.15, 0.2) is 0 Å². The number of rotatable bonds is 4. The van der Waals surface area contributed by atoms with Gasteiger partial charge in [0.2, 0.25) is 5.88 Å². The van der Waals surface area contributed by atoms with Crippen molar-refractivity contribution in [3.8, 4) is 5.88 Å². The van der Waals surface area contributed by atoms with E-state index in [0.29, 0.717) is 17.1 Å². The lowest BCUT2D eigenvalue weighted by Gasteiger charge is -2.13. The third-order valence-electron chi connectivity index (χ3n) is 2.69. The fraction of sp³-hybridized carbons (Fsp3) is 0.231. The van der Waals surface area contributed by atoms with Crippen LogP contribution in [0.3, 0.4) is 0 Å². The Hall–Kier alpha value is -2.08. The van der Waals surface area contributed by atoms with Gasteiger partial charge in [-0.3, -0.25) is 4.98 Å². The van der Waals surface area contributed by atoms with Gasteiger partial charge >= 0.3 is 0 Å². The Bertz CT molecular complexity index is 578. The fourth-order valence-corrected chi connectivity index (χ4v) is 1.77. The Labute approximate surface area is 109 Å². The summed E-state index contributed by atoms with van der Waals surface area (Å²) in [7, 11) is 1.46. The number of hydrogen-bond donors (Lipinski definition) is 1. The number of methoxy groups -OCH3 is 1. The van der Waals surface area contributed by atoms with Gasteiger partial charge in [-0.05, 0) is 18.1 Å². The van der Waals surface area contributed by atoms with Crippen LogP contribution in [0.25, 0.3) is 0 Å². The van der Waals surface area contributed by atoms with Crippen LogP contribution in [0.5, 0.6) is 5.88 Å². The van der Waals surface area contributed by atoms with Gasteiger partial charge < -0.3 is 10.5 Å². The minimum Gasteiger partial charge on any atom is -0.480 e. The zero-order valence-corrected chi connectivity index (χ0v) is 10.3. The number of nitrogens with two attached hydrogens (primary N) is 1. The lowest BCUT2D eigenvalue weighted by molar-refractivity contribution is 0.384. The van der Waals surface area contributed by atoms with Crippen LogP contribution in [0.1, 0.15) is 17.3 Å². The summed E-state index contributed by atoms with van der Waals surface area (Å²) in [5.41, 5.74) is 6.73. The molecule has 2 rings (SSSR count). The number of hydrogen-bond acceptors (Lipinski definition) is 4. The first kappa shape index (κ1) is 13.4. The number of halogens is 2. The molecule has 0 aliphatic heterocycles. The Balaban J connectivity index is 2.23. The van der Waals surface area contributed by atoms with Crippen molar-refractivity contribution in [2.75, 3.05) is 7.11 Å². The average molecular weight is 265 g/mol. The van der Waals surface area contributed by atoms with E-state index in [1.807, 2.05) is 0 Å². The molecule has 0 fully saturated rings. The van der Waals surface area contributed by atoms with Gasteiger partial charge in [0.25, 0.3) is 0 Å². The van der Waals surface area contributed by atoms with Gasteiger partial charge in [-0.15, -0.1) is 0 Å². The van der Waals surface area contributed by atoms with Crippen molar-refractivity contribution in [1.82, 2.24) is 9.97 Å². The second kappa shape index (κ2) is 5.71. The quantitative estimate of drug-likeness (QED) is 0.918. The van der Waals surface area contributed by atoms with Crippen LogP contribution in [-0.4, -0.2) is 17.1 Å². The van der Waals surface area contributed by atoms with Crippen molar-refractivity contribution in [2.45, 2.75) is 12.5 Å². The summed E-state index contributed by atoms with van der Waals surface area (Å²) in [5.74, 6) is -0.942. The van der Waals surface area contributed by atoms with Crippen LogP contribution < -0.4 is 10.5 Å². The zero-order chi connectivity index (χ0) is 13.8. The monoisotopic (exact) mass is 265 g/mol. The lowest BCUT2D eigenvalue weighted by atomic mass is 10.0. The van der Waals surface area contributed by atoms with Crippen LogP contribution in [0, 0.1) is 11.6 Å². The van der Waals surface area contributed by atoms with Crippen LogP contribution >= 0.6 is 0 Å². The second-order valence-electron chi connectivity index (χ2n) is 4.00. The molecule has 1 aromatic heterocycles.